The first-order valence-corrected chi connectivity index (χ1v) is 10.2. The van der Waals surface area contributed by atoms with Crippen molar-refractivity contribution in [2.75, 3.05) is 17.2 Å². The monoisotopic (exact) mass is 422 g/mol. The van der Waals surface area contributed by atoms with Crippen LogP contribution in [0.3, 0.4) is 0 Å². The zero-order valence-electron chi connectivity index (χ0n) is 17.6. The van der Waals surface area contributed by atoms with Crippen LogP contribution in [0.15, 0.2) is 53.7 Å². The van der Waals surface area contributed by atoms with Crippen LogP contribution in [0.2, 0.25) is 0 Å². The van der Waals surface area contributed by atoms with Crippen molar-refractivity contribution in [1.29, 1.82) is 0 Å². The maximum absolute atomic E-state index is 12.1. The molecule has 1 saturated carbocycles. The molecule has 3 rings (SSSR count). The van der Waals surface area contributed by atoms with Gasteiger partial charge in [0.1, 0.15) is 0 Å². The Labute approximate surface area is 181 Å². The zero-order valence-corrected chi connectivity index (χ0v) is 17.6. The summed E-state index contributed by atoms with van der Waals surface area (Å²) in [6.07, 6.45) is 2.44. The van der Waals surface area contributed by atoms with Gasteiger partial charge < -0.3 is 20.8 Å². The van der Waals surface area contributed by atoms with Gasteiger partial charge in [0.2, 0.25) is 5.91 Å². The highest BCUT2D eigenvalue weighted by atomic mass is 16.6. The van der Waals surface area contributed by atoms with Gasteiger partial charge in [-0.15, -0.1) is 0 Å². The summed E-state index contributed by atoms with van der Waals surface area (Å²) >= 11 is 0. The average molecular weight is 422 g/mol. The summed E-state index contributed by atoms with van der Waals surface area (Å²) in [5.41, 5.74) is 3.13. The van der Waals surface area contributed by atoms with E-state index in [-0.39, 0.29) is 30.4 Å². The fourth-order valence-electron chi connectivity index (χ4n) is 2.72. The Hall–Kier alpha value is -3.68. The molecule has 0 saturated heterocycles. The third-order valence-corrected chi connectivity index (χ3v) is 4.63. The number of oxime groups is 1. The fraction of sp³-hybridized carbons (Fsp3) is 0.304. The number of benzene rings is 2. The van der Waals surface area contributed by atoms with Crippen LogP contribution in [0.1, 0.15) is 49.0 Å². The molecule has 0 unspecified atom stereocenters. The second-order valence-corrected chi connectivity index (χ2v) is 7.31. The van der Waals surface area contributed by atoms with Crippen molar-refractivity contribution in [3.8, 4) is 0 Å². The number of nitrogens with zero attached hydrogens (tertiary/aromatic N) is 1. The van der Waals surface area contributed by atoms with Crippen LogP contribution < -0.4 is 16.0 Å². The smallest absolute Gasteiger partial charge is 0.265 e. The number of amides is 3. The van der Waals surface area contributed by atoms with Crippen molar-refractivity contribution < 1.29 is 19.2 Å². The van der Waals surface area contributed by atoms with E-state index in [0.29, 0.717) is 29.1 Å². The molecule has 0 aliphatic heterocycles. The Bertz CT molecular complexity index is 981. The van der Waals surface area contributed by atoms with Crippen LogP contribution in [0.4, 0.5) is 11.4 Å². The van der Waals surface area contributed by atoms with Gasteiger partial charge in [0.05, 0.1) is 5.71 Å². The van der Waals surface area contributed by atoms with Crippen molar-refractivity contribution in [3.05, 3.63) is 59.7 Å². The van der Waals surface area contributed by atoms with E-state index < -0.39 is 0 Å². The predicted octanol–water partition coefficient (Wildman–Crippen LogP) is 3.31. The van der Waals surface area contributed by atoms with Gasteiger partial charge in [-0.3, -0.25) is 14.4 Å². The molecule has 162 valence electrons. The lowest BCUT2D eigenvalue weighted by Gasteiger charge is -2.08. The maximum Gasteiger partial charge on any atom is 0.265 e. The molecule has 2 aromatic rings. The third-order valence-electron chi connectivity index (χ3n) is 4.63. The van der Waals surface area contributed by atoms with Crippen molar-refractivity contribution in [3.63, 3.8) is 0 Å². The first-order valence-electron chi connectivity index (χ1n) is 10.2. The Kier molecular flexibility index (Phi) is 7.37. The third kappa shape index (κ3) is 6.95. The number of hydrogen-bond donors (Lipinski definition) is 3. The minimum Gasteiger partial charge on any atom is -0.385 e. The molecule has 3 amide bonds. The van der Waals surface area contributed by atoms with E-state index in [1.807, 2.05) is 12.1 Å². The second kappa shape index (κ2) is 10.4. The molecule has 0 heterocycles. The summed E-state index contributed by atoms with van der Waals surface area (Å²) in [4.78, 5) is 40.8. The van der Waals surface area contributed by atoms with Gasteiger partial charge in [0, 0.05) is 29.4 Å². The lowest BCUT2D eigenvalue weighted by Crippen LogP contribution is -2.25. The van der Waals surface area contributed by atoms with Crippen molar-refractivity contribution >= 4 is 34.8 Å². The van der Waals surface area contributed by atoms with E-state index in [4.69, 9.17) is 4.84 Å². The summed E-state index contributed by atoms with van der Waals surface area (Å²) in [6.45, 7) is 3.29. The zero-order chi connectivity index (χ0) is 22.2. The van der Waals surface area contributed by atoms with Crippen molar-refractivity contribution in [1.82, 2.24) is 5.32 Å². The van der Waals surface area contributed by atoms with E-state index in [1.54, 1.807) is 50.2 Å². The number of nitrogens with one attached hydrogen (secondary N) is 3. The average Bonchev–Trinajstić information content (AvgIpc) is 3.58. The van der Waals surface area contributed by atoms with E-state index in [9.17, 15) is 14.4 Å². The Morgan fingerprint density at radius 2 is 1.68 bits per heavy atom. The topological polar surface area (TPSA) is 109 Å². The number of carbonyl (C=O) groups excluding carboxylic acids is 3. The highest BCUT2D eigenvalue weighted by Crippen LogP contribution is 2.20. The second-order valence-electron chi connectivity index (χ2n) is 7.31. The van der Waals surface area contributed by atoms with Crippen LogP contribution in [0, 0.1) is 0 Å². The van der Waals surface area contributed by atoms with Gasteiger partial charge in [0.25, 0.3) is 11.8 Å². The summed E-state index contributed by atoms with van der Waals surface area (Å²) < 4.78 is 0. The van der Waals surface area contributed by atoms with Gasteiger partial charge in [0.15, 0.2) is 6.61 Å². The minimum absolute atomic E-state index is 0.0541. The van der Waals surface area contributed by atoms with Gasteiger partial charge in [-0.25, -0.2) is 0 Å². The molecular formula is C23H26N4O4. The maximum atomic E-state index is 12.1. The van der Waals surface area contributed by atoms with Gasteiger partial charge in [-0.2, -0.15) is 0 Å². The molecule has 3 N–H and O–H groups in total. The first-order chi connectivity index (χ1) is 14.9. The molecule has 1 aliphatic carbocycles. The molecule has 2 aromatic carbocycles. The molecule has 8 nitrogen and oxygen atoms in total. The number of hydrogen-bond acceptors (Lipinski definition) is 5. The normalized spacial score (nSPS) is 13.3. The molecule has 0 atom stereocenters. The van der Waals surface area contributed by atoms with Crippen LogP contribution in [-0.2, 0) is 14.4 Å². The van der Waals surface area contributed by atoms with Gasteiger partial charge in [-0.05, 0) is 55.7 Å². The highest BCUT2D eigenvalue weighted by molar-refractivity contribution is 5.99. The Balaban J connectivity index is 1.48. The van der Waals surface area contributed by atoms with Gasteiger partial charge >= 0.3 is 0 Å². The van der Waals surface area contributed by atoms with Crippen LogP contribution >= 0.6 is 0 Å². The lowest BCUT2D eigenvalue weighted by atomic mass is 10.1. The SMILES string of the molecule is CCC(=O)Nc1ccc(/C(C)=N/OCC(=O)Nc2cccc(C(=O)NC3CC3)c2)cc1. The van der Waals surface area contributed by atoms with E-state index >= 15 is 0 Å². The minimum atomic E-state index is -0.381. The largest absolute Gasteiger partial charge is 0.385 e. The molecule has 31 heavy (non-hydrogen) atoms. The summed E-state index contributed by atoms with van der Waals surface area (Å²) in [5.74, 6) is -0.578. The molecular weight excluding hydrogens is 396 g/mol. The summed E-state index contributed by atoms with van der Waals surface area (Å²) in [6, 6.07) is 14.2. The molecule has 0 bridgehead atoms. The quantitative estimate of drug-likeness (QED) is 0.425. The number of anilines is 2. The Morgan fingerprint density at radius 3 is 2.35 bits per heavy atom. The molecule has 0 spiro atoms. The number of rotatable bonds is 9. The lowest BCUT2D eigenvalue weighted by molar-refractivity contribution is -0.120. The van der Waals surface area contributed by atoms with Gasteiger partial charge in [-0.1, -0.05) is 30.3 Å². The predicted molar refractivity (Wildman–Crippen MR) is 119 cm³/mol. The van der Waals surface area contributed by atoms with Crippen LogP contribution in [0.5, 0.6) is 0 Å². The summed E-state index contributed by atoms with van der Waals surface area (Å²) in [5, 5.41) is 12.4. The Morgan fingerprint density at radius 1 is 0.968 bits per heavy atom. The summed E-state index contributed by atoms with van der Waals surface area (Å²) in [7, 11) is 0. The molecule has 1 fully saturated rings. The molecule has 1 aliphatic rings. The van der Waals surface area contributed by atoms with E-state index in [2.05, 4.69) is 21.1 Å². The van der Waals surface area contributed by atoms with Crippen LogP contribution in [-0.4, -0.2) is 36.1 Å². The van der Waals surface area contributed by atoms with E-state index in [0.717, 1.165) is 18.4 Å². The molecule has 8 heteroatoms. The molecule has 0 aromatic heterocycles. The highest BCUT2D eigenvalue weighted by Gasteiger charge is 2.23. The van der Waals surface area contributed by atoms with Crippen molar-refractivity contribution in [2.24, 2.45) is 5.16 Å². The first kappa shape index (κ1) is 22.0. The number of carbonyl (C=O) groups is 3. The van der Waals surface area contributed by atoms with E-state index in [1.165, 1.54) is 0 Å². The standard InChI is InChI=1S/C23H26N4O4/c1-3-21(28)24-18-9-7-16(8-10-18)15(2)27-31-14-22(29)25-20-6-4-5-17(13-20)23(30)26-19-11-12-19/h4-10,13,19H,3,11-12,14H2,1-2H3,(H,24,28)(H,25,29)(H,26,30)/b27-15+. The van der Waals surface area contributed by atoms with Crippen molar-refractivity contribution in [2.45, 2.75) is 39.2 Å². The molecule has 0 radical (unpaired) electrons. The fourth-order valence-corrected chi connectivity index (χ4v) is 2.72. The van der Waals surface area contributed by atoms with Crippen LogP contribution in [0.25, 0.3) is 0 Å².